The van der Waals surface area contributed by atoms with E-state index in [0.29, 0.717) is 16.3 Å². The fraction of sp³-hybridized carbons (Fsp3) is 0.188. The number of H-pyrrole nitrogens is 1. The largest absolute Gasteiger partial charge is 0.417 e. The van der Waals surface area contributed by atoms with Gasteiger partial charge in [-0.1, -0.05) is 29.8 Å². The predicted octanol–water partition coefficient (Wildman–Crippen LogP) is 5.15. The van der Waals surface area contributed by atoms with Crippen LogP contribution < -0.4 is 0 Å². The van der Waals surface area contributed by atoms with Gasteiger partial charge in [-0.15, -0.1) is 0 Å². The van der Waals surface area contributed by atoms with Crippen molar-refractivity contribution in [2.75, 3.05) is 0 Å². The number of nitrogens with zero attached hydrogens (tertiary/aromatic N) is 3. The van der Waals surface area contributed by atoms with Crippen LogP contribution in [0, 0.1) is 4.77 Å². The Hall–Kier alpha value is -2.19. The van der Waals surface area contributed by atoms with Gasteiger partial charge in [-0.25, -0.2) is 0 Å². The van der Waals surface area contributed by atoms with E-state index in [4.69, 9.17) is 23.8 Å². The topological polar surface area (TPSA) is 46.5 Å². The quantitative estimate of drug-likeness (QED) is 0.635. The number of halogens is 4. The molecule has 2 heterocycles. The first kappa shape index (κ1) is 17.6. The van der Waals surface area contributed by atoms with E-state index >= 15 is 0 Å². The molecule has 1 unspecified atom stereocenters. The van der Waals surface area contributed by atoms with Gasteiger partial charge in [0.1, 0.15) is 5.82 Å². The fourth-order valence-electron chi connectivity index (χ4n) is 2.47. The van der Waals surface area contributed by atoms with Gasteiger partial charge in [0, 0.05) is 11.9 Å². The summed E-state index contributed by atoms with van der Waals surface area (Å²) in [6.07, 6.45) is -3.73. The highest BCUT2D eigenvalue weighted by molar-refractivity contribution is 7.71. The van der Waals surface area contributed by atoms with Crippen LogP contribution in [0.3, 0.4) is 0 Å². The Morgan fingerprint density at radius 3 is 2.52 bits per heavy atom. The first-order valence-corrected chi connectivity index (χ1v) is 8.03. The second-order valence-electron chi connectivity index (χ2n) is 5.37. The molecule has 130 valence electrons. The van der Waals surface area contributed by atoms with Crippen LogP contribution in [0.25, 0.3) is 5.69 Å². The summed E-state index contributed by atoms with van der Waals surface area (Å²) in [7, 11) is 0. The maximum Gasteiger partial charge on any atom is 0.417 e. The van der Waals surface area contributed by atoms with Crippen LogP contribution >= 0.6 is 23.8 Å². The average Bonchev–Trinajstić information content (AvgIpc) is 2.95. The van der Waals surface area contributed by atoms with E-state index in [9.17, 15) is 13.2 Å². The van der Waals surface area contributed by atoms with Crippen LogP contribution in [0.4, 0.5) is 13.2 Å². The number of pyridine rings is 1. The molecule has 9 heteroatoms. The lowest BCUT2D eigenvalue weighted by Crippen LogP contribution is -2.11. The Kier molecular flexibility index (Phi) is 4.66. The van der Waals surface area contributed by atoms with Gasteiger partial charge in [-0.05, 0) is 37.3 Å². The Balaban J connectivity index is 2.06. The SMILES string of the molecule is CC(c1ncc(C(F)(F)F)cc1Cl)c1n[nH]c(=S)n1-c1ccccc1. The molecular weight excluding hydrogens is 373 g/mol. The molecular formula is C16H12ClF3N4S. The van der Waals surface area contributed by atoms with Crippen LogP contribution in [-0.4, -0.2) is 19.7 Å². The van der Waals surface area contributed by atoms with E-state index in [2.05, 4.69) is 15.2 Å². The van der Waals surface area contributed by atoms with Crippen molar-refractivity contribution >= 4 is 23.8 Å². The van der Waals surface area contributed by atoms with Gasteiger partial charge in [0.25, 0.3) is 0 Å². The van der Waals surface area contributed by atoms with Crippen LogP contribution in [0.15, 0.2) is 42.6 Å². The first-order chi connectivity index (χ1) is 11.8. The van der Waals surface area contributed by atoms with Crippen LogP contribution in [-0.2, 0) is 6.18 Å². The molecule has 0 aliphatic carbocycles. The summed E-state index contributed by atoms with van der Waals surface area (Å²) in [5.41, 5.74) is 0.183. The zero-order valence-corrected chi connectivity index (χ0v) is 14.5. The number of alkyl halides is 3. The van der Waals surface area contributed by atoms with Gasteiger partial charge >= 0.3 is 6.18 Å². The van der Waals surface area contributed by atoms with Crippen LogP contribution in [0.1, 0.15) is 29.9 Å². The maximum atomic E-state index is 12.8. The molecule has 1 atom stereocenters. The molecule has 2 aromatic heterocycles. The van der Waals surface area contributed by atoms with Crippen molar-refractivity contribution in [3.63, 3.8) is 0 Å². The second kappa shape index (κ2) is 6.61. The standard InChI is InChI=1S/C16H12ClF3N4S/c1-9(13-12(17)7-10(8-21-13)16(18,19)20)14-22-23-15(25)24(14)11-5-3-2-4-6-11/h2-9H,1H3,(H,23,25). The number of nitrogens with one attached hydrogen (secondary N) is 1. The number of hydrogen-bond donors (Lipinski definition) is 1. The molecule has 0 bridgehead atoms. The molecule has 1 aromatic carbocycles. The minimum Gasteiger partial charge on any atom is -0.272 e. The van der Waals surface area contributed by atoms with Gasteiger partial charge in [0.15, 0.2) is 4.77 Å². The molecule has 3 aromatic rings. The lowest BCUT2D eigenvalue weighted by Gasteiger charge is -2.15. The van der Waals surface area contributed by atoms with E-state index in [1.807, 2.05) is 30.3 Å². The molecule has 0 saturated heterocycles. The van der Waals surface area contributed by atoms with Crippen molar-refractivity contribution in [1.82, 2.24) is 19.7 Å². The summed E-state index contributed by atoms with van der Waals surface area (Å²) in [5, 5.41) is 6.84. The van der Waals surface area contributed by atoms with Gasteiger partial charge in [0.2, 0.25) is 0 Å². The van der Waals surface area contributed by atoms with Gasteiger partial charge in [0.05, 0.1) is 22.2 Å². The molecule has 0 saturated carbocycles. The molecule has 3 rings (SSSR count). The molecule has 1 N–H and O–H groups in total. The van der Waals surface area contributed by atoms with E-state index in [1.165, 1.54) is 0 Å². The maximum absolute atomic E-state index is 12.8. The Labute approximate surface area is 151 Å². The zero-order valence-electron chi connectivity index (χ0n) is 12.9. The first-order valence-electron chi connectivity index (χ1n) is 7.24. The van der Waals surface area contributed by atoms with E-state index in [0.717, 1.165) is 18.0 Å². The zero-order chi connectivity index (χ0) is 18.2. The Morgan fingerprint density at radius 2 is 1.92 bits per heavy atom. The van der Waals surface area contributed by atoms with Crippen LogP contribution in [0.2, 0.25) is 5.02 Å². The third-order valence-electron chi connectivity index (χ3n) is 3.71. The predicted molar refractivity (Wildman–Crippen MR) is 90.5 cm³/mol. The van der Waals surface area contributed by atoms with Crippen molar-refractivity contribution in [2.45, 2.75) is 19.0 Å². The minimum atomic E-state index is -4.50. The van der Waals surface area contributed by atoms with Gasteiger partial charge in [-0.3, -0.25) is 14.6 Å². The molecule has 0 aliphatic heterocycles. The highest BCUT2D eigenvalue weighted by atomic mass is 35.5. The number of rotatable bonds is 3. The highest BCUT2D eigenvalue weighted by Gasteiger charge is 2.32. The molecule has 4 nitrogen and oxygen atoms in total. The highest BCUT2D eigenvalue weighted by Crippen LogP contribution is 2.34. The van der Waals surface area contributed by atoms with Crippen molar-refractivity contribution < 1.29 is 13.2 Å². The van der Waals surface area contributed by atoms with E-state index in [1.54, 1.807) is 11.5 Å². The summed E-state index contributed by atoms with van der Waals surface area (Å²) in [6, 6.07) is 10.1. The third kappa shape index (κ3) is 3.45. The Bertz CT molecular complexity index is 950. The number of para-hydroxylation sites is 1. The van der Waals surface area contributed by atoms with Gasteiger partial charge < -0.3 is 0 Å². The molecule has 0 radical (unpaired) electrons. The lowest BCUT2D eigenvalue weighted by atomic mass is 10.1. The summed E-state index contributed by atoms with van der Waals surface area (Å²) in [4.78, 5) is 3.91. The van der Waals surface area contributed by atoms with Gasteiger partial charge in [-0.2, -0.15) is 18.3 Å². The van der Waals surface area contributed by atoms with Crippen molar-refractivity contribution in [1.29, 1.82) is 0 Å². The number of aromatic nitrogens is 4. The number of benzene rings is 1. The van der Waals surface area contributed by atoms with Crippen molar-refractivity contribution in [3.8, 4) is 5.69 Å². The van der Waals surface area contributed by atoms with E-state index < -0.39 is 17.7 Å². The lowest BCUT2D eigenvalue weighted by molar-refractivity contribution is -0.137. The summed E-state index contributed by atoms with van der Waals surface area (Å²) in [6.45, 7) is 1.76. The summed E-state index contributed by atoms with van der Waals surface area (Å²) in [5.74, 6) is 0.0355. The smallest absolute Gasteiger partial charge is 0.272 e. The third-order valence-corrected chi connectivity index (χ3v) is 4.28. The normalized spacial score (nSPS) is 13.0. The van der Waals surface area contributed by atoms with Crippen LogP contribution in [0.5, 0.6) is 0 Å². The second-order valence-corrected chi connectivity index (χ2v) is 6.16. The number of aromatic amines is 1. The molecule has 0 aliphatic rings. The van der Waals surface area contributed by atoms with E-state index in [-0.39, 0.29) is 5.02 Å². The minimum absolute atomic E-state index is 0.0733. The summed E-state index contributed by atoms with van der Waals surface area (Å²) >= 11 is 11.3. The average molecular weight is 385 g/mol. The Morgan fingerprint density at radius 1 is 1.24 bits per heavy atom. The van der Waals surface area contributed by atoms with Crippen molar-refractivity contribution in [3.05, 3.63) is 69.5 Å². The molecule has 25 heavy (non-hydrogen) atoms. The summed E-state index contributed by atoms with van der Waals surface area (Å²) < 4.78 is 40.4. The molecule has 0 amide bonds. The monoisotopic (exact) mass is 384 g/mol. The molecule has 0 spiro atoms. The number of hydrogen-bond acceptors (Lipinski definition) is 3. The van der Waals surface area contributed by atoms with Crippen molar-refractivity contribution in [2.24, 2.45) is 0 Å². The molecule has 0 fully saturated rings. The fourth-order valence-corrected chi connectivity index (χ4v) is 3.05.